The lowest BCUT2D eigenvalue weighted by molar-refractivity contribution is -0.141. The normalized spacial score (nSPS) is 25.8. The highest BCUT2D eigenvalue weighted by Crippen LogP contribution is 2.23. The van der Waals surface area contributed by atoms with Gasteiger partial charge in [-0.15, -0.1) is 11.8 Å². The van der Waals surface area contributed by atoms with E-state index < -0.39 is 12.0 Å². The second-order valence-electron chi connectivity index (χ2n) is 5.39. The Kier molecular flexibility index (Phi) is 5.15. The number of carboxylic acids is 1. The van der Waals surface area contributed by atoms with Gasteiger partial charge in [0.1, 0.15) is 6.04 Å². The number of nitrogens with zero attached hydrogens (tertiary/aromatic N) is 3. The molecule has 2 atom stereocenters. The molecule has 0 aliphatic carbocycles. The highest BCUT2D eigenvalue weighted by atomic mass is 32.2. The van der Waals surface area contributed by atoms with E-state index >= 15 is 0 Å². The number of carbonyl (C=O) groups excluding carboxylic acids is 1. The van der Waals surface area contributed by atoms with Gasteiger partial charge in [-0.1, -0.05) is 6.92 Å². The zero-order valence-corrected chi connectivity index (χ0v) is 12.9. The average molecular weight is 301 g/mol. The number of piperazine rings is 1. The molecule has 2 fully saturated rings. The number of carboxylic acid groups (broad SMARTS) is 1. The van der Waals surface area contributed by atoms with Gasteiger partial charge in [0.2, 0.25) is 0 Å². The van der Waals surface area contributed by atoms with Gasteiger partial charge in [-0.25, -0.2) is 9.59 Å². The maximum absolute atomic E-state index is 12.4. The molecule has 0 aromatic carbocycles. The van der Waals surface area contributed by atoms with E-state index in [0.717, 1.165) is 19.5 Å². The van der Waals surface area contributed by atoms with Crippen LogP contribution in [-0.4, -0.2) is 81.7 Å². The number of rotatable bonds is 3. The Morgan fingerprint density at radius 2 is 1.95 bits per heavy atom. The van der Waals surface area contributed by atoms with E-state index in [0.29, 0.717) is 30.8 Å². The molecular formula is C13H23N3O3S. The third-order valence-electron chi connectivity index (χ3n) is 4.21. The first-order chi connectivity index (χ1) is 9.54. The maximum atomic E-state index is 12.4. The van der Waals surface area contributed by atoms with Gasteiger partial charge in [0.25, 0.3) is 0 Å². The van der Waals surface area contributed by atoms with Crippen molar-refractivity contribution in [1.29, 1.82) is 0 Å². The van der Waals surface area contributed by atoms with Crippen molar-refractivity contribution < 1.29 is 14.7 Å². The summed E-state index contributed by atoms with van der Waals surface area (Å²) in [5.41, 5.74) is 0. The first-order valence-electron chi connectivity index (χ1n) is 7.14. The number of carbonyl (C=O) groups is 2. The van der Waals surface area contributed by atoms with Crippen molar-refractivity contribution in [2.24, 2.45) is 0 Å². The van der Waals surface area contributed by atoms with Crippen LogP contribution in [0, 0.1) is 0 Å². The van der Waals surface area contributed by atoms with Gasteiger partial charge in [0.15, 0.2) is 0 Å². The summed E-state index contributed by atoms with van der Waals surface area (Å²) in [7, 11) is 0. The Morgan fingerprint density at radius 1 is 1.30 bits per heavy atom. The van der Waals surface area contributed by atoms with Crippen LogP contribution in [0.25, 0.3) is 0 Å². The van der Waals surface area contributed by atoms with Crippen molar-refractivity contribution in [3.63, 3.8) is 0 Å². The van der Waals surface area contributed by atoms with Crippen LogP contribution in [0.1, 0.15) is 20.3 Å². The van der Waals surface area contributed by atoms with Gasteiger partial charge in [-0.2, -0.15) is 0 Å². The summed E-state index contributed by atoms with van der Waals surface area (Å²) in [4.78, 5) is 29.2. The maximum Gasteiger partial charge on any atom is 0.327 e. The van der Waals surface area contributed by atoms with Crippen LogP contribution in [0.3, 0.4) is 0 Å². The van der Waals surface area contributed by atoms with Crippen molar-refractivity contribution >= 4 is 23.8 Å². The molecule has 0 bridgehead atoms. The molecule has 0 radical (unpaired) electrons. The Bertz CT molecular complexity index is 372. The van der Waals surface area contributed by atoms with Gasteiger partial charge < -0.3 is 14.9 Å². The quantitative estimate of drug-likeness (QED) is 0.842. The Morgan fingerprint density at radius 3 is 2.50 bits per heavy atom. The van der Waals surface area contributed by atoms with Crippen LogP contribution >= 0.6 is 11.8 Å². The van der Waals surface area contributed by atoms with Gasteiger partial charge in [0.05, 0.1) is 5.88 Å². The summed E-state index contributed by atoms with van der Waals surface area (Å²) in [5.74, 6) is 0.0801. The fourth-order valence-electron chi connectivity index (χ4n) is 2.63. The van der Waals surface area contributed by atoms with E-state index in [1.807, 2.05) is 0 Å². The molecule has 2 heterocycles. The molecule has 0 aromatic rings. The molecule has 114 valence electrons. The lowest BCUT2D eigenvalue weighted by Crippen LogP contribution is -2.56. The minimum absolute atomic E-state index is 0.119. The number of aliphatic carboxylic acids is 1. The van der Waals surface area contributed by atoms with Crippen LogP contribution < -0.4 is 0 Å². The van der Waals surface area contributed by atoms with Crippen LogP contribution in [-0.2, 0) is 4.79 Å². The van der Waals surface area contributed by atoms with E-state index in [4.69, 9.17) is 5.11 Å². The fourth-order valence-corrected chi connectivity index (χ4v) is 3.77. The molecule has 0 saturated carbocycles. The molecule has 6 nitrogen and oxygen atoms in total. The van der Waals surface area contributed by atoms with Crippen molar-refractivity contribution in [2.45, 2.75) is 32.4 Å². The Hall–Kier alpha value is -0.950. The molecule has 0 spiro atoms. The van der Waals surface area contributed by atoms with Crippen LogP contribution in [0.2, 0.25) is 0 Å². The van der Waals surface area contributed by atoms with Crippen LogP contribution in [0.4, 0.5) is 4.79 Å². The molecule has 2 amide bonds. The highest BCUT2D eigenvalue weighted by molar-refractivity contribution is 7.99. The first-order valence-corrected chi connectivity index (χ1v) is 8.30. The van der Waals surface area contributed by atoms with E-state index in [1.54, 1.807) is 4.90 Å². The van der Waals surface area contributed by atoms with Crippen molar-refractivity contribution in [3.8, 4) is 0 Å². The Labute approximate surface area is 124 Å². The standard InChI is InChI=1S/C13H23N3O3S/c1-3-10(2)14-4-6-15(7-5-14)13(19)16-9-20-8-11(16)12(17)18/h10-11H,3-9H2,1-2H3,(H,17,18)/t10?,11-/m0/s1. The smallest absolute Gasteiger partial charge is 0.327 e. The molecule has 1 N–H and O–H groups in total. The predicted octanol–water partition coefficient (Wildman–Crippen LogP) is 0.982. The zero-order chi connectivity index (χ0) is 14.7. The van der Waals surface area contributed by atoms with Crippen molar-refractivity contribution in [2.75, 3.05) is 37.8 Å². The summed E-state index contributed by atoms with van der Waals surface area (Å²) in [6, 6.07) is -0.243. The summed E-state index contributed by atoms with van der Waals surface area (Å²) >= 11 is 1.51. The average Bonchev–Trinajstić information content (AvgIpc) is 2.95. The highest BCUT2D eigenvalue weighted by Gasteiger charge is 2.37. The third kappa shape index (κ3) is 3.20. The minimum atomic E-state index is -0.901. The minimum Gasteiger partial charge on any atom is -0.480 e. The molecular weight excluding hydrogens is 278 g/mol. The van der Waals surface area contributed by atoms with Gasteiger partial charge in [-0.3, -0.25) is 4.90 Å². The van der Waals surface area contributed by atoms with Gasteiger partial charge in [0, 0.05) is 38.0 Å². The fraction of sp³-hybridized carbons (Fsp3) is 0.846. The molecule has 7 heteroatoms. The summed E-state index contributed by atoms with van der Waals surface area (Å²) < 4.78 is 0. The zero-order valence-electron chi connectivity index (χ0n) is 12.1. The molecule has 2 rings (SSSR count). The number of thioether (sulfide) groups is 1. The SMILES string of the molecule is CCC(C)N1CCN(C(=O)N2CSC[C@H]2C(=O)O)CC1. The van der Waals surface area contributed by atoms with Crippen molar-refractivity contribution in [3.05, 3.63) is 0 Å². The summed E-state index contributed by atoms with van der Waals surface area (Å²) in [6.45, 7) is 7.50. The van der Waals surface area contributed by atoms with Crippen LogP contribution in [0.5, 0.6) is 0 Å². The largest absolute Gasteiger partial charge is 0.480 e. The lowest BCUT2D eigenvalue weighted by atomic mass is 10.2. The molecule has 2 aliphatic heterocycles. The molecule has 20 heavy (non-hydrogen) atoms. The second kappa shape index (κ2) is 6.67. The number of amides is 2. The van der Waals surface area contributed by atoms with E-state index in [2.05, 4.69) is 18.7 Å². The lowest BCUT2D eigenvalue weighted by Gasteiger charge is -2.39. The number of urea groups is 1. The molecule has 2 aliphatic rings. The van der Waals surface area contributed by atoms with E-state index in [-0.39, 0.29) is 6.03 Å². The van der Waals surface area contributed by atoms with E-state index in [9.17, 15) is 9.59 Å². The van der Waals surface area contributed by atoms with Crippen molar-refractivity contribution in [1.82, 2.24) is 14.7 Å². The number of hydrogen-bond acceptors (Lipinski definition) is 4. The first kappa shape index (κ1) is 15.4. The Balaban J connectivity index is 1.90. The second-order valence-corrected chi connectivity index (χ2v) is 6.39. The van der Waals surface area contributed by atoms with Crippen LogP contribution in [0.15, 0.2) is 0 Å². The topological polar surface area (TPSA) is 64.1 Å². The van der Waals surface area contributed by atoms with Gasteiger partial charge >= 0.3 is 12.0 Å². The predicted molar refractivity (Wildman–Crippen MR) is 78.9 cm³/mol. The molecule has 1 unspecified atom stereocenters. The monoisotopic (exact) mass is 301 g/mol. The molecule has 2 saturated heterocycles. The van der Waals surface area contributed by atoms with E-state index in [1.165, 1.54) is 16.7 Å². The number of hydrogen-bond donors (Lipinski definition) is 1. The summed E-state index contributed by atoms with van der Waals surface area (Å²) in [6.07, 6.45) is 1.11. The molecule has 0 aromatic heterocycles. The third-order valence-corrected chi connectivity index (χ3v) is 5.22. The van der Waals surface area contributed by atoms with Gasteiger partial charge in [-0.05, 0) is 13.3 Å². The summed E-state index contributed by atoms with van der Waals surface area (Å²) in [5, 5.41) is 9.14.